The molecule has 0 radical (unpaired) electrons. The third-order valence-corrected chi connectivity index (χ3v) is 5.84. The van der Waals surface area contributed by atoms with Crippen LogP contribution < -0.4 is 5.32 Å². The van der Waals surface area contributed by atoms with Crippen LogP contribution in [-0.2, 0) is 10.0 Å². The standard InChI is InChI=1S/C15H21N3O2S/c1-2-18(12-13-6-5-9-17-11-13)21(19,20)15-8-4-3-7-14(15)10-16/h3-4,7-8,13,17H,2,5-6,9,11-12H2,1H3. The number of nitrogens with zero attached hydrogens (tertiary/aromatic N) is 2. The quantitative estimate of drug-likeness (QED) is 0.896. The SMILES string of the molecule is CCN(CC1CCCNC1)S(=O)(=O)c1ccccc1C#N. The van der Waals surface area contributed by atoms with Crippen molar-refractivity contribution in [1.82, 2.24) is 9.62 Å². The minimum atomic E-state index is -3.61. The van der Waals surface area contributed by atoms with Crippen molar-refractivity contribution in [3.05, 3.63) is 29.8 Å². The van der Waals surface area contributed by atoms with Gasteiger partial charge in [-0.2, -0.15) is 9.57 Å². The molecule has 1 aliphatic heterocycles. The van der Waals surface area contributed by atoms with Gasteiger partial charge in [0, 0.05) is 13.1 Å². The first kappa shape index (κ1) is 16.0. The fourth-order valence-electron chi connectivity index (χ4n) is 2.69. The van der Waals surface area contributed by atoms with Crippen molar-refractivity contribution in [2.24, 2.45) is 5.92 Å². The van der Waals surface area contributed by atoms with Crippen LogP contribution >= 0.6 is 0 Å². The number of rotatable bonds is 5. The van der Waals surface area contributed by atoms with Crippen molar-refractivity contribution in [3.63, 3.8) is 0 Å². The lowest BCUT2D eigenvalue weighted by Gasteiger charge is -2.29. The highest BCUT2D eigenvalue weighted by Gasteiger charge is 2.28. The number of benzene rings is 1. The maximum atomic E-state index is 12.8. The molecule has 0 aliphatic carbocycles. The molecule has 1 heterocycles. The Balaban J connectivity index is 2.25. The predicted molar refractivity (Wildman–Crippen MR) is 81.2 cm³/mol. The maximum absolute atomic E-state index is 12.8. The molecule has 1 aromatic rings. The van der Waals surface area contributed by atoms with Crippen LogP contribution in [0.1, 0.15) is 25.3 Å². The second-order valence-corrected chi connectivity index (χ2v) is 7.18. The van der Waals surface area contributed by atoms with E-state index in [1.165, 1.54) is 10.4 Å². The highest BCUT2D eigenvalue weighted by atomic mass is 32.2. The molecule has 1 N–H and O–H groups in total. The minimum Gasteiger partial charge on any atom is -0.316 e. The average Bonchev–Trinajstić information content (AvgIpc) is 2.53. The number of piperidine rings is 1. The summed E-state index contributed by atoms with van der Waals surface area (Å²) in [5.74, 6) is 0.336. The summed E-state index contributed by atoms with van der Waals surface area (Å²) in [6, 6.07) is 8.36. The zero-order valence-corrected chi connectivity index (χ0v) is 13.1. The first-order valence-electron chi connectivity index (χ1n) is 7.29. The second kappa shape index (κ2) is 7.03. The monoisotopic (exact) mass is 307 g/mol. The highest BCUT2D eigenvalue weighted by molar-refractivity contribution is 7.89. The van der Waals surface area contributed by atoms with E-state index in [1.807, 2.05) is 13.0 Å². The highest BCUT2D eigenvalue weighted by Crippen LogP contribution is 2.22. The van der Waals surface area contributed by atoms with Gasteiger partial charge in [0.15, 0.2) is 0 Å². The van der Waals surface area contributed by atoms with Crippen molar-refractivity contribution < 1.29 is 8.42 Å². The topological polar surface area (TPSA) is 73.2 Å². The minimum absolute atomic E-state index is 0.109. The van der Waals surface area contributed by atoms with Gasteiger partial charge in [-0.25, -0.2) is 8.42 Å². The van der Waals surface area contributed by atoms with Crippen LogP contribution in [0.5, 0.6) is 0 Å². The molecule has 1 aliphatic rings. The molecule has 0 amide bonds. The molecule has 0 saturated carbocycles. The van der Waals surface area contributed by atoms with E-state index in [9.17, 15) is 8.42 Å². The molecule has 6 heteroatoms. The normalized spacial score (nSPS) is 19.4. The van der Waals surface area contributed by atoms with Crippen LogP contribution in [0.3, 0.4) is 0 Å². The second-order valence-electron chi connectivity index (χ2n) is 5.28. The van der Waals surface area contributed by atoms with Crippen LogP contribution in [0.2, 0.25) is 0 Å². The summed E-state index contributed by atoms with van der Waals surface area (Å²) in [5, 5.41) is 12.4. The van der Waals surface area contributed by atoms with Gasteiger partial charge in [-0.1, -0.05) is 19.1 Å². The Morgan fingerprint density at radius 1 is 1.43 bits per heavy atom. The predicted octanol–water partition coefficient (Wildman–Crippen LogP) is 1.57. The Labute approximate surface area is 126 Å². The van der Waals surface area contributed by atoms with Gasteiger partial charge in [-0.3, -0.25) is 0 Å². The maximum Gasteiger partial charge on any atom is 0.244 e. The third kappa shape index (κ3) is 3.62. The fraction of sp³-hybridized carbons (Fsp3) is 0.533. The van der Waals surface area contributed by atoms with Crippen molar-refractivity contribution in [3.8, 4) is 6.07 Å². The van der Waals surface area contributed by atoms with Crippen molar-refractivity contribution in [1.29, 1.82) is 5.26 Å². The number of hydrogen-bond donors (Lipinski definition) is 1. The summed E-state index contributed by atoms with van der Waals surface area (Å²) in [4.78, 5) is 0.109. The van der Waals surface area contributed by atoms with E-state index in [2.05, 4.69) is 5.32 Å². The summed E-state index contributed by atoms with van der Waals surface area (Å²) in [5.41, 5.74) is 0.206. The molecule has 2 rings (SSSR count). The molecule has 5 nitrogen and oxygen atoms in total. The van der Waals surface area contributed by atoms with E-state index in [0.717, 1.165) is 25.9 Å². The van der Waals surface area contributed by atoms with Gasteiger partial charge in [0.25, 0.3) is 0 Å². The van der Waals surface area contributed by atoms with E-state index in [4.69, 9.17) is 5.26 Å². The Bertz CT molecular complexity index is 616. The molecule has 1 aromatic carbocycles. The number of hydrogen-bond acceptors (Lipinski definition) is 4. The number of sulfonamides is 1. The van der Waals surface area contributed by atoms with Gasteiger partial charge in [0.2, 0.25) is 10.0 Å². The number of nitriles is 1. The molecule has 0 aromatic heterocycles. The van der Waals surface area contributed by atoms with Gasteiger partial charge in [-0.05, 0) is 44.0 Å². The summed E-state index contributed by atoms with van der Waals surface area (Å²) < 4.78 is 27.0. The van der Waals surface area contributed by atoms with E-state index in [0.29, 0.717) is 19.0 Å². The van der Waals surface area contributed by atoms with Gasteiger partial charge >= 0.3 is 0 Å². The molecule has 114 valence electrons. The van der Waals surface area contributed by atoms with Crippen molar-refractivity contribution in [2.45, 2.75) is 24.7 Å². The first-order valence-corrected chi connectivity index (χ1v) is 8.73. The lowest BCUT2D eigenvalue weighted by atomic mass is 10.00. The first-order chi connectivity index (χ1) is 10.1. The van der Waals surface area contributed by atoms with Crippen LogP contribution in [0.15, 0.2) is 29.2 Å². The summed E-state index contributed by atoms with van der Waals surface area (Å²) in [6.45, 7) is 4.62. The van der Waals surface area contributed by atoms with E-state index in [1.54, 1.807) is 18.2 Å². The molecular weight excluding hydrogens is 286 g/mol. The van der Waals surface area contributed by atoms with Gasteiger partial charge in [0.1, 0.15) is 6.07 Å². The zero-order chi connectivity index (χ0) is 15.3. The third-order valence-electron chi connectivity index (χ3n) is 3.84. The van der Waals surface area contributed by atoms with Crippen molar-refractivity contribution in [2.75, 3.05) is 26.2 Å². The average molecular weight is 307 g/mol. The summed E-state index contributed by atoms with van der Waals surface area (Å²) >= 11 is 0. The van der Waals surface area contributed by atoms with Crippen LogP contribution in [0.25, 0.3) is 0 Å². The largest absolute Gasteiger partial charge is 0.316 e. The zero-order valence-electron chi connectivity index (χ0n) is 12.2. The van der Waals surface area contributed by atoms with Gasteiger partial charge in [-0.15, -0.1) is 0 Å². The van der Waals surface area contributed by atoms with Crippen molar-refractivity contribution >= 4 is 10.0 Å². The molecule has 21 heavy (non-hydrogen) atoms. The molecule has 1 atom stereocenters. The Morgan fingerprint density at radius 3 is 2.81 bits per heavy atom. The molecule has 1 unspecified atom stereocenters. The lowest BCUT2D eigenvalue weighted by Crippen LogP contribution is -2.41. The summed E-state index contributed by atoms with van der Waals surface area (Å²) in [6.07, 6.45) is 2.12. The lowest BCUT2D eigenvalue weighted by molar-refractivity contribution is 0.298. The van der Waals surface area contributed by atoms with E-state index in [-0.39, 0.29) is 10.5 Å². The number of nitrogens with one attached hydrogen (secondary N) is 1. The molecule has 1 fully saturated rings. The Morgan fingerprint density at radius 2 is 2.19 bits per heavy atom. The summed E-state index contributed by atoms with van der Waals surface area (Å²) in [7, 11) is -3.61. The fourth-order valence-corrected chi connectivity index (χ4v) is 4.36. The van der Waals surface area contributed by atoms with Crippen LogP contribution in [-0.4, -0.2) is 38.9 Å². The van der Waals surface area contributed by atoms with Crippen LogP contribution in [0.4, 0.5) is 0 Å². The van der Waals surface area contributed by atoms with E-state index < -0.39 is 10.0 Å². The van der Waals surface area contributed by atoms with Gasteiger partial charge in [0.05, 0.1) is 10.5 Å². The Hall–Kier alpha value is -1.42. The van der Waals surface area contributed by atoms with Gasteiger partial charge < -0.3 is 5.32 Å². The molecule has 1 saturated heterocycles. The van der Waals surface area contributed by atoms with E-state index >= 15 is 0 Å². The van der Waals surface area contributed by atoms with Crippen LogP contribution in [0, 0.1) is 17.2 Å². The smallest absolute Gasteiger partial charge is 0.244 e. The molecular formula is C15H21N3O2S. The molecule has 0 spiro atoms. The Kier molecular flexibility index (Phi) is 5.34. The molecule has 0 bridgehead atoms.